The van der Waals surface area contributed by atoms with Crippen LogP contribution < -0.4 is 15.8 Å². The Morgan fingerprint density at radius 3 is 2.88 bits per heavy atom. The molecule has 10 heteroatoms. The third-order valence-corrected chi connectivity index (χ3v) is 5.55. The number of benzene rings is 1. The first kappa shape index (κ1) is 19.5. The fourth-order valence-corrected chi connectivity index (χ4v) is 3.70. The van der Waals surface area contributed by atoms with E-state index in [0.29, 0.717) is 16.3 Å². The lowest BCUT2D eigenvalue weighted by molar-refractivity contribution is 0.0946. The van der Waals surface area contributed by atoms with Crippen molar-refractivity contribution >= 4 is 27.3 Å². The average molecular weight is 384 g/mol. The van der Waals surface area contributed by atoms with Crippen LogP contribution in [0.25, 0.3) is 0 Å². The summed E-state index contributed by atoms with van der Waals surface area (Å²) in [5.41, 5.74) is 6.44. The van der Waals surface area contributed by atoms with E-state index in [1.165, 1.54) is 30.6 Å². The topological polar surface area (TPSA) is 123 Å². The molecule has 0 saturated heterocycles. The van der Waals surface area contributed by atoms with Crippen LogP contribution in [0.5, 0.6) is 0 Å². The molecule has 0 radical (unpaired) electrons. The summed E-state index contributed by atoms with van der Waals surface area (Å²) in [6, 6.07) is 6.37. The highest BCUT2D eigenvalue weighted by Gasteiger charge is 2.14. The van der Waals surface area contributed by atoms with Crippen LogP contribution in [0.4, 0.5) is 0 Å². The quantitative estimate of drug-likeness (QED) is 0.540. The number of hydrogen-bond donors (Lipinski definition) is 3. The summed E-state index contributed by atoms with van der Waals surface area (Å²) in [6.07, 6.45) is 0. The van der Waals surface area contributed by atoms with Gasteiger partial charge in [-0.3, -0.25) is 4.79 Å². The molecule has 8 nitrogen and oxygen atoms in total. The van der Waals surface area contributed by atoms with Crippen LogP contribution in [-0.4, -0.2) is 39.6 Å². The van der Waals surface area contributed by atoms with E-state index >= 15 is 0 Å². The molecule has 0 aliphatic heterocycles. The Hall–Kier alpha value is -1.85. The fraction of sp³-hybridized carbons (Fsp3) is 0.333. The summed E-state index contributed by atoms with van der Waals surface area (Å²) in [7, 11) is -2.12. The Bertz CT molecular complexity index is 820. The summed E-state index contributed by atoms with van der Waals surface area (Å²) < 4.78 is 31.6. The van der Waals surface area contributed by atoms with Crippen molar-refractivity contribution in [3.63, 3.8) is 0 Å². The van der Waals surface area contributed by atoms with E-state index < -0.39 is 10.0 Å². The van der Waals surface area contributed by atoms with Gasteiger partial charge >= 0.3 is 0 Å². The number of thiazole rings is 1. The molecule has 1 heterocycles. The highest BCUT2D eigenvalue weighted by molar-refractivity contribution is 7.89. The van der Waals surface area contributed by atoms with E-state index in [1.807, 2.05) is 0 Å². The van der Waals surface area contributed by atoms with Gasteiger partial charge < -0.3 is 15.8 Å². The number of ether oxygens (including phenoxy) is 1. The number of carbonyl (C=O) groups excluding carboxylic acids is 1. The molecule has 1 aromatic carbocycles. The third-order valence-electron chi connectivity index (χ3n) is 3.22. The molecular formula is C15H20N4O4S2. The SMILES string of the molecule is COCCNS(=O)(=O)c1cccc(CNC(=O)c2csc(CN)n2)c1. The minimum absolute atomic E-state index is 0.134. The number of rotatable bonds is 9. The van der Waals surface area contributed by atoms with E-state index in [-0.39, 0.29) is 37.0 Å². The van der Waals surface area contributed by atoms with Gasteiger partial charge in [0.25, 0.3) is 5.91 Å². The molecule has 0 aliphatic carbocycles. The summed E-state index contributed by atoms with van der Waals surface area (Å²) in [5.74, 6) is -0.331. The molecule has 0 atom stereocenters. The van der Waals surface area contributed by atoms with Crippen LogP contribution in [0.15, 0.2) is 34.5 Å². The minimum Gasteiger partial charge on any atom is -0.383 e. The van der Waals surface area contributed by atoms with Crippen LogP contribution >= 0.6 is 11.3 Å². The van der Waals surface area contributed by atoms with Crippen LogP contribution in [0.1, 0.15) is 21.1 Å². The zero-order valence-electron chi connectivity index (χ0n) is 13.7. The molecule has 2 aromatic rings. The molecule has 136 valence electrons. The summed E-state index contributed by atoms with van der Waals surface area (Å²) in [5, 5.41) is 5.03. The average Bonchev–Trinajstić information content (AvgIpc) is 3.09. The van der Waals surface area contributed by atoms with Crippen molar-refractivity contribution in [1.82, 2.24) is 15.0 Å². The van der Waals surface area contributed by atoms with E-state index in [2.05, 4.69) is 15.0 Å². The second kappa shape index (κ2) is 9.02. The van der Waals surface area contributed by atoms with E-state index in [1.54, 1.807) is 17.5 Å². The normalized spacial score (nSPS) is 11.4. The van der Waals surface area contributed by atoms with E-state index in [9.17, 15) is 13.2 Å². The maximum atomic E-state index is 12.2. The fourth-order valence-electron chi connectivity index (χ4n) is 1.97. The van der Waals surface area contributed by atoms with Gasteiger partial charge in [0.05, 0.1) is 11.5 Å². The summed E-state index contributed by atoms with van der Waals surface area (Å²) in [6.45, 7) is 0.949. The second-order valence-electron chi connectivity index (χ2n) is 5.05. The molecule has 0 unspecified atom stereocenters. The van der Waals surface area contributed by atoms with Crippen LogP contribution in [0.3, 0.4) is 0 Å². The number of nitrogens with two attached hydrogens (primary N) is 1. The number of hydrogen-bond acceptors (Lipinski definition) is 7. The zero-order chi connectivity index (χ0) is 18.3. The van der Waals surface area contributed by atoms with Gasteiger partial charge in [-0.05, 0) is 17.7 Å². The van der Waals surface area contributed by atoms with Crippen molar-refractivity contribution in [3.05, 3.63) is 45.9 Å². The molecule has 25 heavy (non-hydrogen) atoms. The Morgan fingerprint density at radius 1 is 1.40 bits per heavy atom. The van der Waals surface area contributed by atoms with Crippen molar-refractivity contribution in [1.29, 1.82) is 0 Å². The molecule has 1 aromatic heterocycles. The van der Waals surface area contributed by atoms with Crippen LogP contribution in [0.2, 0.25) is 0 Å². The standard InChI is InChI=1S/C15H20N4O4S2/c1-23-6-5-18-25(21,22)12-4-2-3-11(7-12)9-17-15(20)13-10-24-14(8-16)19-13/h2-4,7,10,18H,5-6,8-9,16H2,1H3,(H,17,20). The van der Waals surface area contributed by atoms with Gasteiger partial charge in [-0.25, -0.2) is 18.1 Å². The van der Waals surface area contributed by atoms with Crippen molar-refractivity contribution in [2.75, 3.05) is 20.3 Å². The molecule has 0 saturated carbocycles. The number of sulfonamides is 1. The number of nitrogens with zero attached hydrogens (tertiary/aromatic N) is 1. The van der Waals surface area contributed by atoms with Gasteiger partial charge in [-0.15, -0.1) is 11.3 Å². The highest BCUT2D eigenvalue weighted by atomic mass is 32.2. The lowest BCUT2D eigenvalue weighted by Crippen LogP contribution is -2.27. The van der Waals surface area contributed by atoms with Crippen LogP contribution in [0, 0.1) is 0 Å². The predicted molar refractivity (Wildman–Crippen MR) is 94.7 cm³/mol. The maximum absolute atomic E-state index is 12.2. The molecule has 0 spiro atoms. The molecule has 4 N–H and O–H groups in total. The van der Waals surface area contributed by atoms with Gasteiger partial charge in [0, 0.05) is 32.1 Å². The zero-order valence-corrected chi connectivity index (χ0v) is 15.3. The van der Waals surface area contributed by atoms with Gasteiger partial charge in [0.2, 0.25) is 10.0 Å². The molecular weight excluding hydrogens is 364 g/mol. The first-order valence-corrected chi connectivity index (χ1v) is 9.82. The monoisotopic (exact) mass is 384 g/mol. The number of amides is 1. The largest absolute Gasteiger partial charge is 0.383 e. The molecule has 2 rings (SSSR count). The number of aromatic nitrogens is 1. The van der Waals surface area contributed by atoms with E-state index in [4.69, 9.17) is 10.5 Å². The van der Waals surface area contributed by atoms with E-state index in [0.717, 1.165) is 0 Å². The first-order chi connectivity index (χ1) is 12.0. The van der Waals surface area contributed by atoms with Crippen molar-refractivity contribution in [2.45, 2.75) is 18.0 Å². The van der Waals surface area contributed by atoms with Crippen molar-refractivity contribution < 1.29 is 17.9 Å². The Morgan fingerprint density at radius 2 is 2.20 bits per heavy atom. The second-order valence-corrected chi connectivity index (χ2v) is 7.76. The van der Waals surface area contributed by atoms with Gasteiger partial charge in [0.1, 0.15) is 10.7 Å². The maximum Gasteiger partial charge on any atom is 0.271 e. The van der Waals surface area contributed by atoms with Gasteiger partial charge in [-0.1, -0.05) is 12.1 Å². The minimum atomic E-state index is -3.61. The van der Waals surface area contributed by atoms with Crippen molar-refractivity contribution in [3.8, 4) is 0 Å². The molecule has 1 amide bonds. The Balaban J connectivity index is 2.00. The molecule has 0 fully saturated rings. The first-order valence-electron chi connectivity index (χ1n) is 7.46. The smallest absolute Gasteiger partial charge is 0.271 e. The number of methoxy groups -OCH3 is 1. The number of carbonyl (C=O) groups is 1. The molecule has 0 aliphatic rings. The lowest BCUT2D eigenvalue weighted by Gasteiger charge is -2.09. The lowest BCUT2D eigenvalue weighted by atomic mass is 10.2. The highest BCUT2D eigenvalue weighted by Crippen LogP contribution is 2.12. The summed E-state index contributed by atoms with van der Waals surface area (Å²) >= 11 is 1.32. The summed E-state index contributed by atoms with van der Waals surface area (Å²) in [4.78, 5) is 16.3. The Labute approximate surface area is 150 Å². The third kappa shape index (κ3) is 5.58. The van der Waals surface area contributed by atoms with Gasteiger partial charge in [0.15, 0.2) is 0 Å². The van der Waals surface area contributed by atoms with Crippen LogP contribution in [-0.2, 0) is 27.8 Å². The predicted octanol–water partition coefficient (Wildman–Crippen LogP) is 0.456. The molecule has 0 bridgehead atoms. The number of nitrogens with one attached hydrogen (secondary N) is 2. The van der Waals surface area contributed by atoms with Gasteiger partial charge in [-0.2, -0.15) is 0 Å². The Kier molecular flexibility index (Phi) is 7.02. The van der Waals surface area contributed by atoms with Crippen molar-refractivity contribution in [2.24, 2.45) is 5.73 Å².